The Balaban J connectivity index is 1.95. The zero-order valence-corrected chi connectivity index (χ0v) is 13.5. The molecule has 0 saturated carbocycles. The molecule has 0 spiro atoms. The molecule has 0 saturated heterocycles. The van der Waals surface area contributed by atoms with Crippen molar-refractivity contribution in [2.24, 2.45) is 5.92 Å². The summed E-state index contributed by atoms with van der Waals surface area (Å²) in [5.74, 6) is -0.679. The smallest absolute Gasteiger partial charge is 0.303 e. The van der Waals surface area contributed by atoms with Gasteiger partial charge in [-0.25, -0.2) is 4.63 Å². The lowest BCUT2D eigenvalue weighted by molar-refractivity contribution is -0.138. The molecule has 0 bridgehead atoms. The summed E-state index contributed by atoms with van der Waals surface area (Å²) in [6.45, 7) is 1.87. The number of rotatable bonds is 8. The number of amides is 1. The van der Waals surface area contributed by atoms with Crippen molar-refractivity contribution < 1.29 is 24.1 Å². The number of nitrogens with one attached hydrogen (secondary N) is 1. The fourth-order valence-corrected chi connectivity index (χ4v) is 2.23. The van der Waals surface area contributed by atoms with Gasteiger partial charge in [0.2, 0.25) is 5.91 Å². The van der Waals surface area contributed by atoms with Crippen LogP contribution in [0.2, 0.25) is 0 Å². The van der Waals surface area contributed by atoms with Crippen molar-refractivity contribution in [3.05, 3.63) is 30.0 Å². The molecular weight excluding hydrogens is 314 g/mol. The number of hydrogen-bond acceptors (Lipinski definition) is 6. The van der Waals surface area contributed by atoms with Crippen LogP contribution in [0.5, 0.6) is 5.75 Å². The molecular formula is C16H19N3O5. The molecule has 2 aromatic rings. The zero-order valence-electron chi connectivity index (χ0n) is 13.5. The number of aromatic nitrogens is 2. The van der Waals surface area contributed by atoms with E-state index in [0.29, 0.717) is 11.4 Å². The van der Waals surface area contributed by atoms with Gasteiger partial charge in [0.05, 0.1) is 13.7 Å². The van der Waals surface area contributed by atoms with E-state index in [1.165, 1.54) is 0 Å². The second-order valence-corrected chi connectivity index (χ2v) is 5.47. The van der Waals surface area contributed by atoms with E-state index in [9.17, 15) is 9.59 Å². The number of methoxy groups -OCH3 is 1. The van der Waals surface area contributed by atoms with Crippen molar-refractivity contribution in [1.29, 1.82) is 0 Å². The normalized spacial score (nSPS) is 11.8. The van der Waals surface area contributed by atoms with E-state index in [0.717, 1.165) is 11.3 Å². The number of hydrogen-bond donors (Lipinski definition) is 2. The Morgan fingerprint density at radius 1 is 1.25 bits per heavy atom. The van der Waals surface area contributed by atoms with Crippen LogP contribution in [0, 0.1) is 5.92 Å². The van der Waals surface area contributed by atoms with Gasteiger partial charge in [-0.2, -0.15) is 0 Å². The molecule has 1 atom stereocenters. The van der Waals surface area contributed by atoms with Crippen molar-refractivity contribution >= 4 is 11.9 Å². The van der Waals surface area contributed by atoms with Crippen LogP contribution in [0.3, 0.4) is 0 Å². The Hall–Kier alpha value is -2.90. The second-order valence-electron chi connectivity index (χ2n) is 5.47. The Kier molecular flexibility index (Phi) is 5.89. The van der Waals surface area contributed by atoms with Gasteiger partial charge in [-0.05, 0) is 35.3 Å². The molecule has 1 unspecified atom stereocenters. The summed E-state index contributed by atoms with van der Waals surface area (Å²) in [6.07, 6.45) is 0.0888. The number of aliphatic carboxylic acids is 1. The fraction of sp³-hybridized carbons (Fsp3) is 0.375. The van der Waals surface area contributed by atoms with Crippen LogP contribution < -0.4 is 10.1 Å². The lowest BCUT2D eigenvalue weighted by Crippen LogP contribution is -2.25. The standard InChI is InChI=1S/C16H19N3O5/c1-10(8-15(21)22)7-14(20)17-9-13-16(19-24-18-13)11-3-5-12(23-2)6-4-11/h3-6,10H,7-9H2,1-2H3,(H,17,20)(H,21,22). The van der Waals surface area contributed by atoms with Gasteiger partial charge in [0.25, 0.3) is 0 Å². The van der Waals surface area contributed by atoms with E-state index >= 15 is 0 Å². The highest BCUT2D eigenvalue weighted by molar-refractivity contribution is 5.77. The predicted molar refractivity (Wildman–Crippen MR) is 84.2 cm³/mol. The van der Waals surface area contributed by atoms with Crippen LogP contribution in [0.25, 0.3) is 11.3 Å². The summed E-state index contributed by atoms with van der Waals surface area (Å²) in [7, 11) is 1.58. The van der Waals surface area contributed by atoms with Crippen LogP contribution in [-0.2, 0) is 16.1 Å². The van der Waals surface area contributed by atoms with E-state index in [-0.39, 0.29) is 31.2 Å². The van der Waals surface area contributed by atoms with Gasteiger partial charge in [0, 0.05) is 18.4 Å². The summed E-state index contributed by atoms with van der Waals surface area (Å²) in [5, 5.41) is 19.1. The first-order chi connectivity index (χ1) is 11.5. The fourth-order valence-electron chi connectivity index (χ4n) is 2.23. The topological polar surface area (TPSA) is 115 Å². The molecule has 1 aromatic heterocycles. The highest BCUT2D eigenvalue weighted by Gasteiger charge is 2.16. The largest absolute Gasteiger partial charge is 0.497 e. The zero-order chi connectivity index (χ0) is 17.5. The summed E-state index contributed by atoms with van der Waals surface area (Å²) < 4.78 is 9.86. The minimum Gasteiger partial charge on any atom is -0.497 e. The van der Waals surface area contributed by atoms with Crippen LogP contribution in [0.4, 0.5) is 0 Å². The molecule has 1 amide bonds. The van der Waals surface area contributed by atoms with Crippen molar-refractivity contribution in [3.8, 4) is 17.0 Å². The van der Waals surface area contributed by atoms with Crippen molar-refractivity contribution in [3.63, 3.8) is 0 Å². The Labute approximate surface area is 138 Å². The van der Waals surface area contributed by atoms with Gasteiger partial charge >= 0.3 is 5.97 Å². The van der Waals surface area contributed by atoms with Crippen LogP contribution in [0.15, 0.2) is 28.9 Å². The van der Waals surface area contributed by atoms with Crippen molar-refractivity contribution in [1.82, 2.24) is 15.6 Å². The van der Waals surface area contributed by atoms with Crippen LogP contribution in [0.1, 0.15) is 25.5 Å². The number of nitrogens with zero attached hydrogens (tertiary/aromatic N) is 2. The van der Waals surface area contributed by atoms with E-state index < -0.39 is 5.97 Å². The molecule has 0 aliphatic rings. The first-order valence-electron chi connectivity index (χ1n) is 7.44. The van der Waals surface area contributed by atoms with Gasteiger partial charge in [0.1, 0.15) is 17.1 Å². The van der Waals surface area contributed by atoms with Crippen molar-refractivity contribution in [2.75, 3.05) is 7.11 Å². The molecule has 128 valence electrons. The average molecular weight is 333 g/mol. The average Bonchev–Trinajstić information content (AvgIpc) is 3.00. The maximum atomic E-state index is 11.9. The number of ether oxygens (including phenoxy) is 1. The second kappa shape index (κ2) is 8.09. The molecule has 24 heavy (non-hydrogen) atoms. The van der Waals surface area contributed by atoms with Gasteiger partial charge < -0.3 is 15.2 Å². The highest BCUT2D eigenvalue weighted by atomic mass is 16.6. The summed E-state index contributed by atoms with van der Waals surface area (Å²) in [5.41, 5.74) is 1.83. The van der Waals surface area contributed by atoms with Gasteiger partial charge in [-0.1, -0.05) is 12.1 Å². The Morgan fingerprint density at radius 3 is 2.58 bits per heavy atom. The minimum atomic E-state index is -0.919. The minimum absolute atomic E-state index is 0.0456. The molecule has 2 rings (SSSR count). The lowest BCUT2D eigenvalue weighted by Gasteiger charge is -2.08. The molecule has 0 fully saturated rings. The Morgan fingerprint density at radius 2 is 1.96 bits per heavy atom. The van der Waals surface area contributed by atoms with E-state index in [4.69, 9.17) is 14.5 Å². The first-order valence-corrected chi connectivity index (χ1v) is 7.44. The number of carboxylic acids is 1. The van der Waals surface area contributed by atoms with Gasteiger partial charge in [-0.15, -0.1) is 0 Å². The van der Waals surface area contributed by atoms with Gasteiger partial charge in [-0.3, -0.25) is 9.59 Å². The highest BCUT2D eigenvalue weighted by Crippen LogP contribution is 2.23. The summed E-state index contributed by atoms with van der Waals surface area (Å²) in [6, 6.07) is 7.22. The van der Waals surface area contributed by atoms with E-state index in [2.05, 4.69) is 15.6 Å². The SMILES string of the molecule is COc1ccc(-c2nonc2CNC(=O)CC(C)CC(=O)O)cc1. The van der Waals surface area contributed by atoms with E-state index in [1.54, 1.807) is 26.2 Å². The molecule has 0 radical (unpaired) electrons. The number of carboxylic acid groups (broad SMARTS) is 1. The Bertz CT molecular complexity index is 696. The quantitative estimate of drug-likeness (QED) is 0.757. The number of carbonyl (C=O) groups is 2. The molecule has 1 aromatic carbocycles. The van der Waals surface area contributed by atoms with Gasteiger partial charge in [0.15, 0.2) is 0 Å². The molecule has 2 N–H and O–H groups in total. The van der Waals surface area contributed by atoms with E-state index in [1.807, 2.05) is 12.1 Å². The van der Waals surface area contributed by atoms with Crippen LogP contribution in [-0.4, -0.2) is 34.4 Å². The summed E-state index contributed by atoms with van der Waals surface area (Å²) in [4.78, 5) is 22.5. The molecule has 0 aliphatic heterocycles. The third-order valence-electron chi connectivity index (χ3n) is 3.43. The molecule has 8 nitrogen and oxygen atoms in total. The molecule has 0 aliphatic carbocycles. The lowest BCUT2D eigenvalue weighted by atomic mass is 10.0. The third-order valence-corrected chi connectivity index (χ3v) is 3.43. The number of carbonyl (C=O) groups excluding carboxylic acids is 1. The summed E-state index contributed by atoms with van der Waals surface area (Å²) >= 11 is 0. The maximum absolute atomic E-state index is 11.9. The third kappa shape index (κ3) is 4.80. The first kappa shape index (κ1) is 17.5. The van der Waals surface area contributed by atoms with Crippen molar-refractivity contribution in [2.45, 2.75) is 26.3 Å². The molecule has 1 heterocycles. The van der Waals surface area contributed by atoms with Crippen LogP contribution >= 0.6 is 0 Å². The number of benzene rings is 1. The predicted octanol–water partition coefficient (Wildman–Crippen LogP) is 1.86. The molecule has 8 heteroatoms. The monoisotopic (exact) mass is 333 g/mol. The maximum Gasteiger partial charge on any atom is 0.303 e.